The molecule has 1 aromatic carbocycles. The minimum absolute atomic E-state index is 0.162. The van der Waals surface area contributed by atoms with Gasteiger partial charge in [-0.15, -0.1) is 0 Å². The normalized spacial score (nSPS) is 15.0. The van der Waals surface area contributed by atoms with Gasteiger partial charge in [-0.1, -0.05) is 32.0 Å². The molecule has 4 heteroatoms. The van der Waals surface area contributed by atoms with Crippen molar-refractivity contribution in [3.63, 3.8) is 0 Å². The zero-order chi connectivity index (χ0) is 16.8. The lowest BCUT2D eigenvalue weighted by Gasteiger charge is -2.20. The fourth-order valence-corrected chi connectivity index (χ4v) is 2.92. The molecule has 2 N–H and O–H groups in total. The third-order valence-corrected chi connectivity index (χ3v) is 4.43. The van der Waals surface area contributed by atoms with Gasteiger partial charge < -0.3 is 10.6 Å². The molecule has 2 amide bonds. The van der Waals surface area contributed by atoms with Crippen molar-refractivity contribution in [2.75, 3.05) is 6.54 Å². The van der Waals surface area contributed by atoms with E-state index in [1.54, 1.807) is 0 Å². The Morgan fingerprint density at radius 1 is 1.04 bits per heavy atom. The number of rotatable bonds is 5. The number of nitrogens with one attached hydrogen (secondary N) is 2. The quantitative estimate of drug-likeness (QED) is 0.821. The lowest BCUT2D eigenvalue weighted by Crippen LogP contribution is -2.41. The maximum Gasteiger partial charge on any atom is 0.309 e. The van der Waals surface area contributed by atoms with Gasteiger partial charge in [0.15, 0.2) is 0 Å². The van der Waals surface area contributed by atoms with Crippen molar-refractivity contribution in [3.05, 3.63) is 34.9 Å². The molecule has 1 aliphatic carbocycles. The second-order valence-corrected chi connectivity index (χ2v) is 6.87. The highest BCUT2D eigenvalue weighted by atomic mass is 16.2. The summed E-state index contributed by atoms with van der Waals surface area (Å²) in [5.74, 6) is -0.595. The van der Waals surface area contributed by atoms with Crippen molar-refractivity contribution in [2.45, 2.75) is 58.9 Å². The van der Waals surface area contributed by atoms with Crippen LogP contribution in [0.1, 0.15) is 62.8 Å². The summed E-state index contributed by atoms with van der Waals surface area (Å²) in [4.78, 5) is 23.8. The molecule has 1 aromatic rings. The van der Waals surface area contributed by atoms with Crippen LogP contribution in [0.3, 0.4) is 0 Å². The van der Waals surface area contributed by atoms with Crippen molar-refractivity contribution < 1.29 is 9.59 Å². The van der Waals surface area contributed by atoms with Crippen LogP contribution in [0, 0.1) is 5.92 Å². The zero-order valence-corrected chi connectivity index (χ0v) is 14.4. The van der Waals surface area contributed by atoms with Crippen LogP contribution in [-0.4, -0.2) is 18.4 Å². The fraction of sp³-hybridized carbons (Fsp3) is 0.579. The van der Waals surface area contributed by atoms with Gasteiger partial charge >= 0.3 is 11.8 Å². The molecule has 1 unspecified atom stereocenters. The molecule has 0 aromatic heterocycles. The molecule has 4 nitrogen and oxygen atoms in total. The van der Waals surface area contributed by atoms with Crippen LogP contribution in [0.2, 0.25) is 0 Å². The van der Waals surface area contributed by atoms with E-state index in [9.17, 15) is 9.59 Å². The molecule has 1 aliphatic rings. The number of carbonyl (C=O) groups excluding carboxylic acids is 2. The number of hydrogen-bond donors (Lipinski definition) is 2. The molecule has 0 spiro atoms. The minimum atomic E-state index is -0.557. The molecule has 0 aliphatic heterocycles. The Morgan fingerprint density at radius 3 is 2.43 bits per heavy atom. The number of aryl methyl sites for hydroxylation is 2. The van der Waals surface area contributed by atoms with E-state index in [0.717, 1.165) is 24.8 Å². The molecule has 0 bridgehead atoms. The van der Waals surface area contributed by atoms with Crippen LogP contribution < -0.4 is 10.6 Å². The largest absolute Gasteiger partial charge is 0.348 e. The van der Waals surface area contributed by atoms with Gasteiger partial charge in [0.25, 0.3) is 0 Å². The fourth-order valence-electron chi connectivity index (χ4n) is 2.92. The molecule has 0 radical (unpaired) electrons. The number of fused-ring (bicyclic) bond motifs is 1. The van der Waals surface area contributed by atoms with E-state index in [-0.39, 0.29) is 6.04 Å². The van der Waals surface area contributed by atoms with Gasteiger partial charge in [-0.3, -0.25) is 9.59 Å². The SMILES string of the molecule is CC(C)CCNC(=O)C(=O)NC(C)c1ccc2c(c1)CCCC2. The summed E-state index contributed by atoms with van der Waals surface area (Å²) in [6.45, 7) is 6.63. The van der Waals surface area contributed by atoms with E-state index < -0.39 is 11.8 Å². The van der Waals surface area contributed by atoms with E-state index in [0.29, 0.717) is 12.5 Å². The van der Waals surface area contributed by atoms with E-state index in [1.807, 2.05) is 6.92 Å². The van der Waals surface area contributed by atoms with Gasteiger partial charge in [-0.2, -0.15) is 0 Å². The molecule has 1 atom stereocenters. The summed E-state index contributed by atoms with van der Waals surface area (Å²) >= 11 is 0. The van der Waals surface area contributed by atoms with E-state index >= 15 is 0 Å². The standard InChI is InChI=1S/C19H28N2O2/c1-13(2)10-11-20-18(22)19(23)21-14(3)16-9-8-15-6-4-5-7-17(15)12-16/h8-9,12-14H,4-7,10-11H2,1-3H3,(H,20,22)(H,21,23). The predicted molar refractivity (Wildman–Crippen MR) is 92.1 cm³/mol. The summed E-state index contributed by atoms with van der Waals surface area (Å²) < 4.78 is 0. The Kier molecular flexibility index (Phi) is 6.20. The number of amides is 2. The first-order chi connectivity index (χ1) is 11.0. The van der Waals surface area contributed by atoms with Crippen LogP contribution >= 0.6 is 0 Å². The van der Waals surface area contributed by atoms with Crippen LogP contribution in [0.4, 0.5) is 0 Å². The van der Waals surface area contributed by atoms with Crippen molar-refractivity contribution >= 4 is 11.8 Å². The highest BCUT2D eigenvalue weighted by Crippen LogP contribution is 2.24. The van der Waals surface area contributed by atoms with Gasteiger partial charge in [0, 0.05) is 6.54 Å². The van der Waals surface area contributed by atoms with Crippen LogP contribution in [0.15, 0.2) is 18.2 Å². The average molecular weight is 316 g/mol. The van der Waals surface area contributed by atoms with E-state index in [4.69, 9.17) is 0 Å². The minimum Gasteiger partial charge on any atom is -0.348 e. The molecule has 2 rings (SSSR count). The molecule has 23 heavy (non-hydrogen) atoms. The Bertz CT molecular complexity index is 566. The number of hydrogen-bond acceptors (Lipinski definition) is 2. The second-order valence-electron chi connectivity index (χ2n) is 6.87. The number of benzene rings is 1. The summed E-state index contributed by atoms with van der Waals surface area (Å²) in [7, 11) is 0. The third kappa shape index (κ3) is 5.08. The van der Waals surface area contributed by atoms with E-state index in [1.165, 1.54) is 24.0 Å². The molecule has 0 saturated carbocycles. The van der Waals surface area contributed by atoms with Gasteiger partial charge in [0.05, 0.1) is 6.04 Å². The molecule has 0 heterocycles. The Labute approximate surface area is 139 Å². The Balaban J connectivity index is 1.89. The summed E-state index contributed by atoms with van der Waals surface area (Å²) in [6.07, 6.45) is 5.62. The van der Waals surface area contributed by atoms with Gasteiger partial charge in [0.2, 0.25) is 0 Å². The highest BCUT2D eigenvalue weighted by Gasteiger charge is 2.18. The third-order valence-electron chi connectivity index (χ3n) is 4.43. The van der Waals surface area contributed by atoms with Crippen molar-refractivity contribution in [1.29, 1.82) is 0 Å². The summed E-state index contributed by atoms with van der Waals surface area (Å²) in [5.41, 5.74) is 3.87. The first-order valence-corrected chi connectivity index (χ1v) is 8.67. The zero-order valence-electron chi connectivity index (χ0n) is 14.4. The van der Waals surface area contributed by atoms with Gasteiger partial charge in [-0.05, 0) is 61.6 Å². The van der Waals surface area contributed by atoms with Crippen LogP contribution in [0.25, 0.3) is 0 Å². The smallest absolute Gasteiger partial charge is 0.309 e. The monoisotopic (exact) mass is 316 g/mol. The lowest BCUT2D eigenvalue weighted by molar-refractivity contribution is -0.139. The number of carbonyl (C=O) groups is 2. The van der Waals surface area contributed by atoms with Gasteiger partial charge in [-0.25, -0.2) is 0 Å². The molecule has 126 valence electrons. The molecular weight excluding hydrogens is 288 g/mol. The molecule has 0 fully saturated rings. The first-order valence-electron chi connectivity index (χ1n) is 8.67. The maximum absolute atomic E-state index is 12.0. The van der Waals surface area contributed by atoms with Crippen LogP contribution in [0.5, 0.6) is 0 Å². The van der Waals surface area contributed by atoms with Crippen molar-refractivity contribution in [2.24, 2.45) is 5.92 Å². The second kappa shape index (κ2) is 8.14. The first kappa shape index (κ1) is 17.5. The Hall–Kier alpha value is -1.84. The topological polar surface area (TPSA) is 58.2 Å². The summed E-state index contributed by atoms with van der Waals surface area (Å²) in [5, 5.41) is 5.46. The van der Waals surface area contributed by atoms with Crippen LogP contribution in [-0.2, 0) is 22.4 Å². The highest BCUT2D eigenvalue weighted by molar-refractivity contribution is 6.35. The maximum atomic E-state index is 12.0. The van der Waals surface area contributed by atoms with Crippen molar-refractivity contribution in [1.82, 2.24) is 10.6 Å². The lowest BCUT2D eigenvalue weighted by atomic mass is 9.89. The van der Waals surface area contributed by atoms with E-state index in [2.05, 4.69) is 42.7 Å². The van der Waals surface area contributed by atoms with Crippen molar-refractivity contribution in [3.8, 4) is 0 Å². The molecule has 0 saturated heterocycles. The van der Waals surface area contributed by atoms with Gasteiger partial charge in [0.1, 0.15) is 0 Å². The predicted octanol–water partition coefficient (Wildman–Crippen LogP) is 2.90. The Morgan fingerprint density at radius 2 is 1.74 bits per heavy atom. The average Bonchev–Trinajstić information content (AvgIpc) is 2.53. The summed E-state index contributed by atoms with van der Waals surface area (Å²) in [6, 6.07) is 6.24. The molecular formula is C19H28N2O2.